The number of nitrogens with one attached hydrogen (secondary N) is 1. The number of aromatic nitrogens is 4. The van der Waals surface area contributed by atoms with Crippen molar-refractivity contribution in [3.63, 3.8) is 0 Å². The summed E-state index contributed by atoms with van der Waals surface area (Å²) in [5, 5.41) is 18.2. The number of hydrogen-bond acceptors (Lipinski definition) is 5. The van der Waals surface area contributed by atoms with Gasteiger partial charge in [-0.15, -0.1) is 0 Å². The summed E-state index contributed by atoms with van der Waals surface area (Å²) in [6.45, 7) is 0.191. The summed E-state index contributed by atoms with van der Waals surface area (Å²) in [5.41, 5.74) is 0.802. The summed E-state index contributed by atoms with van der Waals surface area (Å²) in [6, 6.07) is 0.246. The van der Waals surface area contributed by atoms with Crippen molar-refractivity contribution in [1.29, 1.82) is 0 Å². The molecule has 2 N–H and O–H groups in total. The average molecular weight is 368 g/mol. The molecule has 1 aliphatic rings. The first-order chi connectivity index (χ1) is 10.7. The van der Waals surface area contributed by atoms with Crippen LogP contribution >= 0.6 is 15.9 Å². The summed E-state index contributed by atoms with van der Waals surface area (Å²) in [6.07, 6.45) is 8.65. The smallest absolute Gasteiger partial charge is 0.164 e. The van der Waals surface area contributed by atoms with E-state index < -0.39 is 0 Å². The monoisotopic (exact) mass is 367 g/mol. The number of rotatable bonds is 5. The maximum absolute atomic E-state index is 9.42. The zero-order chi connectivity index (χ0) is 15.5. The second kappa shape index (κ2) is 6.91. The first kappa shape index (κ1) is 15.7. The van der Waals surface area contributed by atoms with Gasteiger partial charge in [0, 0.05) is 19.7 Å². The van der Waals surface area contributed by atoms with Gasteiger partial charge >= 0.3 is 0 Å². The number of aliphatic hydroxyl groups excluding tert-OH is 1. The summed E-state index contributed by atoms with van der Waals surface area (Å²) in [7, 11) is 1.87. The summed E-state index contributed by atoms with van der Waals surface area (Å²) in [5.74, 6) is 1.40. The predicted molar refractivity (Wildman–Crippen MR) is 89.7 cm³/mol. The van der Waals surface area contributed by atoms with E-state index in [9.17, 15) is 5.11 Å². The number of fused-ring (bicyclic) bond motifs is 1. The quantitative estimate of drug-likeness (QED) is 0.849. The molecule has 0 amide bonds. The van der Waals surface area contributed by atoms with Crippen molar-refractivity contribution in [2.24, 2.45) is 13.0 Å². The van der Waals surface area contributed by atoms with Crippen molar-refractivity contribution in [2.75, 3.05) is 11.9 Å². The molecular formula is C15H22BrN5O. The zero-order valence-electron chi connectivity index (χ0n) is 12.8. The maximum atomic E-state index is 9.42. The Morgan fingerprint density at radius 3 is 2.86 bits per heavy atom. The first-order valence-electron chi connectivity index (χ1n) is 7.91. The Kier molecular flexibility index (Phi) is 4.93. The van der Waals surface area contributed by atoms with E-state index in [-0.39, 0.29) is 12.6 Å². The molecule has 1 aliphatic carbocycles. The lowest BCUT2D eigenvalue weighted by Crippen LogP contribution is -2.32. The van der Waals surface area contributed by atoms with Crippen LogP contribution in [-0.2, 0) is 7.05 Å². The second-order valence-electron chi connectivity index (χ2n) is 6.00. The molecule has 1 atom stereocenters. The lowest BCUT2D eigenvalue weighted by molar-refractivity contribution is 0.239. The molecule has 0 aromatic carbocycles. The molecule has 0 bridgehead atoms. The van der Waals surface area contributed by atoms with Crippen molar-refractivity contribution in [3.05, 3.63) is 10.9 Å². The Morgan fingerprint density at radius 1 is 1.36 bits per heavy atom. The van der Waals surface area contributed by atoms with Crippen LogP contribution in [0.2, 0.25) is 0 Å². The van der Waals surface area contributed by atoms with Crippen molar-refractivity contribution < 1.29 is 5.11 Å². The van der Waals surface area contributed by atoms with Crippen LogP contribution in [0.15, 0.2) is 10.9 Å². The second-order valence-corrected chi connectivity index (χ2v) is 6.75. The molecule has 1 unspecified atom stereocenters. The lowest BCUT2D eigenvalue weighted by atomic mass is 9.82. The van der Waals surface area contributed by atoms with Gasteiger partial charge in [-0.2, -0.15) is 5.10 Å². The van der Waals surface area contributed by atoms with Gasteiger partial charge in [-0.05, 0) is 41.1 Å². The molecule has 1 saturated carbocycles. The van der Waals surface area contributed by atoms with Gasteiger partial charge in [0.25, 0.3) is 0 Å². The molecular weight excluding hydrogens is 346 g/mol. The van der Waals surface area contributed by atoms with Gasteiger partial charge in [0.2, 0.25) is 0 Å². The highest BCUT2D eigenvalue weighted by Crippen LogP contribution is 2.32. The molecule has 0 radical (unpaired) electrons. The summed E-state index contributed by atoms with van der Waals surface area (Å²) in [4.78, 5) is 8.71. The van der Waals surface area contributed by atoms with E-state index in [0.717, 1.165) is 27.9 Å². The highest BCUT2D eigenvalue weighted by atomic mass is 79.9. The molecule has 3 rings (SSSR count). The van der Waals surface area contributed by atoms with Gasteiger partial charge in [-0.25, -0.2) is 14.6 Å². The number of hydrogen-bond donors (Lipinski definition) is 2. The Balaban J connectivity index is 1.89. The third-order valence-electron chi connectivity index (χ3n) is 4.56. The van der Waals surface area contributed by atoms with Crippen molar-refractivity contribution in [1.82, 2.24) is 19.7 Å². The molecule has 120 valence electrons. The number of halogens is 1. The van der Waals surface area contributed by atoms with Crippen LogP contribution in [0.1, 0.15) is 38.5 Å². The Hall–Kier alpha value is -1.21. The summed E-state index contributed by atoms with van der Waals surface area (Å²) >= 11 is 3.49. The van der Waals surface area contributed by atoms with Gasteiger partial charge in [0.15, 0.2) is 5.65 Å². The largest absolute Gasteiger partial charge is 0.396 e. The molecule has 22 heavy (non-hydrogen) atoms. The third-order valence-corrected chi connectivity index (χ3v) is 5.11. The molecule has 0 spiro atoms. The molecule has 0 aliphatic heterocycles. The van der Waals surface area contributed by atoms with E-state index in [4.69, 9.17) is 0 Å². The fourth-order valence-corrected chi connectivity index (χ4v) is 4.03. The minimum absolute atomic E-state index is 0.191. The van der Waals surface area contributed by atoms with Crippen molar-refractivity contribution >= 4 is 32.8 Å². The third kappa shape index (κ3) is 3.10. The van der Waals surface area contributed by atoms with Gasteiger partial charge in [0.1, 0.15) is 16.7 Å². The minimum atomic E-state index is 0.191. The van der Waals surface area contributed by atoms with Crippen LogP contribution in [0.4, 0.5) is 5.82 Å². The fourth-order valence-electron chi connectivity index (χ4n) is 3.43. The van der Waals surface area contributed by atoms with E-state index in [1.807, 2.05) is 7.05 Å². The van der Waals surface area contributed by atoms with Crippen molar-refractivity contribution in [2.45, 2.75) is 44.6 Å². The predicted octanol–water partition coefficient (Wildman–Crippen LogP) is 2.87. The zero-order valence-corrected chi connectivity index (χ0v) is 14.4. The topological polar surface area (TPSA) is 75.9 Å². The maximum Gasteiger partial charge on any atom is 0.164 e. The van der Waals surface area contributed by atoms with E-state index in [1.165, 1.54) is 32.1 Å². The first-order valence-corrected chi connectivity index (χ1v) is 8.70. The Morgan fingerprint density at radius 2 is 2.14 bits per heavy atom. The summed E-state index contributed by atoms with van der Waals surface area (Å²) < 4.78 is 2.49. The number of nitrogens with zero attached hydrogens (tertiary/aromatic N) is 4. The van der Waals surface area contributed by atoms with E-state index in [1.54, 1.807) is 11.0 Å². The van der Waals surface area contributed by atoms with Gasteiger partial charge in [-0.3, -0.25) is 0 Å². The standard InChI is InChI=1S/C15H22BrN5O/c1-21-15-12(13(16)20-21)14(17-9-18-15)19-11(7-8-22)10-5-3-2-4-6-10/h9-11,22H,2-8H2,1H3,(H,17,18,19). The molecule has 2 heterocycles. The SMILES string of the molecule is Cn1nc(Br)c2c(NC(CCO)C3CCCCC3)ncnc21. The lowest BCUT2D eigenvalue weighted by Gasteiger charge is -2.31. The van der Waals surface area contributed by atoms with Gasteiger partial charge < -0.3 is 10.4 Å². The van der Waals surface area contributed by atoms with Gasteiger partial charge in [-0.1, -0.05) is 19.3 Å². The Bertz CT molecular complexity index is 638. The molecule has 7 heteroatoms. The van der Waals surface area contributed by atoms with Gasteiger partial charge in [0.05, 0.1) is 5.39 Å². The van der Waals surface area contributed by atoms with Crippen LogP contribution in [0.5, 0.6) is 0 Å². The van der Waals surface area contributed by atoms with Crippen LogP contribution in [0, 0.1) is 5.92 Å². The molecule has 1 fully saturated rings. The minimum Gasteiger partial charge on any atom is -0.396 e. The highest BCUT2D eigenvalue weighted by Gasteiger charge is 2.25. The van der Waals surface area contributed by atoms with Crippen LogP contribution in [0.25, 0.3) is 11.0 Å². The number of anilines is 1. The van der Waals surface area contributed by atoms with E-state index in [2.05, 4.69) is 36.3 Å². The van der Waals surface area contributed by atoms with Crippen LogP contribution < -0.4 is 5.32 Å². The van der Waals surface area contributed by atoms with E-state index >= 15 is 0 Å². The van der Waals surface area contributed by atoms with E-state index in [0.29, 0.717) is 5.92 Å². The number of aliphatic hydroxyl groups is 1. The van der Waals surface area contributed by atoms with Crippen LogP contribution in [0.3, 0.4) is 0 Å². The molecule has 0 saturated heterocycles. The molecule has 2 aromatic heterocycles. The molecule has 6 nitrogen and oxygen atoms in total. The fraction of sp³-hybridized carbons (Fsp3) is 0.667. The normalized spacial score (nSPS) is 17.8. The molecule has 2 aromatic rings. The highest BCUT2D eigenvalue weighted by molar-refractivity contribution is 9.10. The van der Waals surface area contributed by atoms with Crippen LogP contribution in [-0.4, -0.2) is 37.5 Å². The Labute approximate surface area is 138 Å². The number of aryl methyl sites for hydroxylation is 1. The average Bonchev–Trinajstić information content (AvgIpc) is 2.83. The van der Waals surface area contributed by atoms with Crippen molar-refractivity contribution in [3.8, 4) is 0 Å².